The van der Waals surface area contributed by atoms with Crippen LogP contribution in [0.3, 0.4) is 0 Å². The summed E-state index contributed by atoms with van der Waals surface area (Å²) in [6.07, 6.45) is 1.54. The third-order valence-corrected chi connectivity index (χ3v) is 5.97. The van der Waals surface area contributed by atoms with Gasteiger partial charge < -0.3 is 10.6 Å². The molecule has 6 heteroatoms. The molecule has 136 valence electrons. The molecule has 0 aliphatic heterocycles. The van der Waals surface area contributed by atoms with Crippen molar-refractivity contribution in [1.82, 2.24) is 9.88 Å². The molecule has 1 aromatic carbocycles. The van der Waals surface area contributed by atoms with Crippen LogP contribution in [-0.2, 0) is 19.4 Å². The lowest BCUT2D eigenvalue weighted by molar-refractivity contribution is 0.0741. The second-order valence-corrected chi connectivity index (χ2v) is 8.45. The SMILES string of the molecule is Cc1ccc(CN(CCc2ccccc2)C(=O)c2csc(CCN)n2)s1. The van der Waals surface area contributed by atoms with Crippen molar-refractivity contribution in [3.8, 4) is 0 Å². The second kappa shape index (κ2) is 9.07. The summed E-state index contributed by atoms with van der Waals surface area (Å²) in [5, 5.41) is 2.77. The van der Waals surface area contributed by atoms with Gasteiger partial charge in [-0.05, 0) is 37.6 Å². The van der Waals surface area contributed by atoms with Gasteiger partial charge >= 0.3 is 0 Å². The highest BCUT2D eigenvalue weighted by atomic mass is 32.1. The van der Waals surface area contributed by atoms with E-state index in [9.17, 15) is 4.79 Å². The van der Waals surface area contributed by atoms with Gasteiger partial charge in [-0.15, -0.1) is 22.7 Å². The molecule has 2 aromatic heterocycles. The van der Waals surface area contributed by atoms with Crippen molar-refractivity contribution in [2.45, 2.75) is 26.3 Å². The van der Waals surface area contributed by atoms with E-state index in [-0.39, 0.29) is 5.91 Å². The number of nitrogens with zero attached hydrogens (tertiary/aromatic N) is 2. The standard InChI is InChI=1S/C20H23N3OS2/c1-15-7-8-17(26-15)13-23(12-10-16-5-3-2-4-6-16)20(24)18-14-25-19(22-18)9-11-21/h2-8,14H,9-13,21H2,1H3. The molecule has 3 rings (SSSR count). The average Bonchev–Trinajstić information content (AvgIpc) is 3.28. The third kappa shape index (κ3) is 5.00. The molecule has 26 heavy (non-hydrogen) atoms. The maximum Gasteiger partial charge on any atom is 0.273 e. The van der Waals surface area contributed by atoms with Crippen LogP contribution in [0.2, 0.25) is 0 Å². The number of thiazole rings is 1. The molecule has 0 aliphatic rings. The molecule has 2 N–H and O–H groups in total. The van der Waals surface area contributed by atoms with Gasteiger partial charge in [-0.1, -0.05) is 30.3 Å². The number of carbonyl (C=O) groups is 1. The Balaban J connectivity index is 1.75. The molecule has 2 heterocycles. The van der Waals surface area contributed by atoms with Gasteiger partial charge in [-0.3, -0.25) is 4.79 Å². The summed E-state index contributed by atoms with van der Waals surface area (Å²) in [6.45, 7) is 3.93. The summed E-state index contributed by atoms with van der Waals surface area (Å²) < 4.78 is 0. The third-order valence-electron chi connectivity index (χ3n) is 4.07. The minimum Gasteiger partial charge on any atom is -0.332 e. The number of hydrogen-bond donors (Lipinski definition) is 1. The van der Waals surface area contributed by atoms with Gasteiger partial charge in [-0.2, -0.15) is 0 Å². The van der Waals surface area contributed by atoms with E-state index in [4.69, 9.17) is 5.73 Å². The maximum absolute atomic E-state index is 13.0. The van der Waals surface area contributed by atoms with Crippen LogP contribution in [0.25, 0.3) is 0 Å². The van der Waals surface area contributed by atoms with Crippen molar-refractivity contribution in [2.75, 3.05) is 13.1 Å². The first kappa shape index (κ1) is 18.8. The highest BCUT2D eigenvalue weighted by molar-refractivity contribution is 7.11. The first-order valence-corrected chi connectivity index (χ1v) is 10.4. The number of aromatic nitrogens is 1. The Morgan fingerprint density at radius 2 is 1.96 bits per heavy atom. The number of nitrogens with two attached hydrogens (primary N) is 1. The van der Waals surface area contributed by atoms with E-state index in [1.807, 2.05) is 28.5 Å². The van der Waals surface area contributed by atoms with E-state index in [1.54, 1.807) is 11.3 Å². The summed E-state index contributed by atoms with van der Waals surface area (Å²) in [6, 6.07) is 14.5. The molecule has 0 saturated carbocycles. The molecule has 0 atom stereocenters. The molecule has 3 aromatic rings. The Labute approximate surface area is 162 Å². The van der Waals surface area contributed by atoms with E-state index in [1.165, 1.54) is 26.7 Å². The average molecular weight is 386 g/mol. The first-order chi connectivity index (χ1) is 12.7. The smallest absolute Gasteiger partial charge is 0.273 e. The van der Waals surface area contributed by atoms with E-state index >= 15 is 0 Å². The van der Waals surface area contributed by atoms with Crippen LogP contribution in [0.15, 0.2) is 47.8 Å². The van der Waals surface area contributed by atoms with E-state index in [2.05, 4.69) is 36.2 Å². The van der Waals surface area contributed by atoms with E-state index in [0.717, 1.165) is 11.4 Å². The van der Waals surface area contributed by atoms with Gasteiger partial charge in [0.05, 0.1) is 11.6 Å². The van der Waals surface area contributed by atoms with Gasteiger partial charge in [0.2, 0.25) is 0 Å². The number of rotatable bonds is 8. The lowest BCUT2D eigenvalue weighted by Gasteiger charge is -2.21. The first-order valence-electron chi connectivity index (χ1n) is 8.68. The largest absolute Gasteiger partial charge is 0.332 e. The maximum atomic E-state index is 13.0. The molecular formula is C20H23N3OS2. The van der Waals surface area contributed by atoms with Crippen molar-refractivity contribution < 1.29 is 4.79 Å². The Morgan fingerprint density at radius 3 is 2.65 bits per heavy atom. The number of aryl methyl sites for hydroxylation is 1. The van der Waals surface area contributed by atoms with Crippen molar-refractivity contribution in [1.29, 1.82) is 0 Å². The number of carbonyl (C=O) groups excluding carboxylic acids is 1. The fourth-order valence-electron chi connectivity index (χ4n) is 2.73. The zero-order valence-corrected chi connectivity index (χ0v) is 16.5. The fourth-order valence-corrected chi connectivity index (χ4v) is 4.42. The molecule has 0 fully saturated rings. The van der Waals surface area contributed by atoms with Crippen molar-refractivity contribution >= 4 is 28.6 Å². The van der Waals surface area contributed by atoms with Crippen LogP contribution in [-0.4, -0.2) is 28.9 Å². The van der Waals surface area contributed by atoms with Gasteiger partial charge in [0.1, 0.15) is 5.69 Å². The molecule has 0 radical (unpaired) electrons. The monoisotopic (exact) mass is 385 g/mol. The Morgan fingerprint density at radius 1 is 1.15 bits per heavy atom. The van der Waals surface area contributed by atoms with Crippen LogP contribution in [0, 0.1) is 6.92 Å². The van der Waals surface area contributed by atoms with E-state index in [0.29, 0.717) is 31.7 Å². The molecule has 0 unspecified atom stereocenters. The zero-order chi connectivity index (χ0) is 18.4. The molecule has 0 saturated heterocycles. The highest BCUT2D eigenvalue weighted by Gasteiger charge is 2.19. The van der Waals surface area contributed by atoms with Gasteiger partial charge in [0.15, 0.2) is 0 Å². The molecule has 1 amide bonds. The number of hydrogen-bond acceptors (Lipinski definition) is 5. The summed E-state index contributed by atoms with van der Waals surface area (Å²) in [7, 11) is 0. The normalized spacial score (nSPS) is 10.8. The Kier molecular flexibility index (Phi) is 6.55. The van der Waals surface area contributed by atoms with Crippen LogP contribution < -0.4 is 5.73 Å². The second-order valence-electron chi connectivity index (χ2n) is 6.14. The predicted octanol–water partition coefficient (Wildman–Crippen LogP) is 3.90. The topological polar surface area (TPSA) is 59.2 Å². The van der Waals surface area contributed by atoms with Crippen LogP contribution in [0.1, 0.15) is 30.8 Å². The van der Waals surface area contributed by atoms with Crippen molar-refractivity contribution in [3.05, 3.63) is 73.9 Å². The van der Waals surface area contributed by atoms with Crippen molar-refractivity contribution in [3.63, 3.8) is 0 Å². The number of thiophene rings is 1. The van der Waals surface area contributed by atoms with Gasteiger partial charge in [0, 0.05) is 28.1 Å². The Hall–Kier alpha value is -2.02. The highest BCUT2D eigenvalue weighted by Crippen LogP contribution is 2.20. The summed E-state index contributed by atoms with van der Waals surface area (Å²) >= 11 is 3.24. The number of benzene rings is 1. The summed E-state index contributed by atoms with van der Waals surface area (Å²) in [5.74, 6) is -0.00787. The lowest BCUT2D eigenvalue weighted by Crippen LogP contribution is -2.32. The predicted molar refractivity (Wildman–Crippen MR) is 109 cm³/mol. The van der Waals surface area contributed by atoms with Gasteiger partial charge in [0.25, 0.3) is 5.91 Å². The summed E-state index contributed by atoms with van der Waals surface area (Å²) in [5.41, 5.74) is 7.35. The molecule has 0 aliphatic carbocycles. The van der Waals surface area contributed by atoms with Crippen molar-refractivity contribution in [2.24, 2.45) is 5.73 Å². The van der Waals surface area contributed by atoms with Crippen LogP contribution in [0.4, 0.5) is 0 Å². The van der Waals surface area contributed by atoms with Gasteiger partial charge in [-0.25, -0.2) is 4.98 Å². The molecular weight excluding hydrogens is 362 g/mol. The molecule has 4 nitrogen and oxygen atoms in total. The molecule has 0 bridgehead atoms. The zero-order valence-electron chi connectivity index (χ0n) is 14.9. The lowest BCUT2D eigenvalue weighted by atomic mass is 10.1. The Bertz CT molecular complexity index is 842. The minimum absolute atomic E-state index is 0.00787. The summed E-state index contributed by atoms with van der Waals surface area (Å²) in [4.78, 5) is 21.9. The molecule has 0 spiro atoms. The minimum atomic E-state index is -0.00787. The number of amides is 1. The fraction of sp³-hybridized carbons (Fsp3) is 0.300. The van der Waals surface area contributed by atoms with Crippen LogP contribution in [0.5, 0.6) is 0 Å². The quantitative estimate of drug-likeness (QED) is 0.640. The van der Waals surface area contributed by atoms with Crippen LogP contribution >= 0.6 is 22.7 Å². The van der Waals surface area contributed by atoms with E-state index < -0.39 is 0 Å².